The Hall–Kier alpha value is -1.16. The minimum Gasteiger partial charge on any atom is -0.378 e. The highest BCUT2D eigenvalue weighted by Crippen LogP contribution is 2.29. The minimum atomic E-state index is -0.0420. The fraction of sp³-hybridized carbons (Fsp3) is 0.789. The van der Waals surface area contributed by atoms with Gasteiger partial charge in [0.1, 0.15) is 11.6 Å². The predicted molar refractivity (Wildman–Crippen MR) is 96.3 cm³/mol. The number of anilines is 1. The van der Waals surface area contributed by atoms with Gasteiger partial charge in [-0.15, -0.1) is 0 Å². The molecule has 1 fully saturated rings. The van der Waals surface area contributed by atoms with E-state index in [1.165, 1.54) is 0 Å². The van der Waals surface area contributed by atoms with Gasteiger partial charge in [0.05, 0.1) is 11.8 Å². The van der Waals surface area contributed by atoms with Crippen molar-refractivity contribution in [2.24, 2.45) is 0 Å². The van der Waals surface area contributed by atoms with Crippen LogP contribution in [0, 0.1) is 0 Å². The first-order valence-corrected chi connectivity index (χ1v) is 8.88. The molecule has 0 atom stereocenters. The Morgan fingerprint density at radius 1 is 1.04 bits per heavy atom. The van der Waals surface area contributed by atoms with E-state index in [-0.39, 0.29) is 10.8 Å². The summed E-state index contributed by atoms with van der Waals surface area (Å²) in [6, 6.07) is 2.18. The summed E-state index contributed by atoms with van der Waals surface area (Å²) in [5.74, 6) is 2.01. The molecule has 0 N–H and O–H groups in total. The third-order valence-corrected chi connectivity index (χ3v) is 4.32. The fourth-order valence-electron chi connectivity index (χ4n) is 2.80. The van der Waals surface area contributed by atoms with Crippen molar-refractivity contribution in [2.75, 3.05) is 24.6 Å². The number of ether oxygens (including phenoxy) is 1. The van der Waals surface area contributed by atoms with E-state index in [1.54, 1.807) is 0 Å². The van der Waals surface area contributed by atoms with Crippen molar-refractivity contribution in [1.82, 2.24) is 9.97 Å². The maximum atomic E-state index is 5.76. The molecule has 4 heteroatoms. The van der Waals surface area contributed by atoms with Gasteiger partial charge in [-0.05, 0) is 19.8 Å². The third kappa shape index (κ3) is 4.66. The molecule has 1 saturated heterocycles. The van der Waals surface area contributed by atoms with E-state index in [9.17, 15) is 0 Å². The summed E-state index contributed by atoms with van der Waals surface area (Å²) < 4.78 is 5.76. The van der Waals surface area contributed by atoms with Gasteiger partial charge in [-0.25, -0.2) is 9.97 Å². The second kappa shape index (κ2) is 6.76. The zero-order valence-electron chi connectivity index (χ0n) is 15.9. The maximum Gasteiger partial charge on any atom is 0.136 e. The molecule has 0 spiro atoms. The average Bonchev–Trinajstić information content (AvgIpc) is 2.46. The summed E-state index contributed by atoms with van der Waals surface area (Å²) in [7, 11) is 0. The summed E-state index contributed by atoms with van der Waals surface area (Å²) >= 11 is 0. The lowest BCUT2D eigenvalue weighted by molar-refractivity contribution is 0.0458. The van der Waals surface area contributed by atoms with E-state index < -0.39 is 0 Å². The lowest BCUT2D eigenvalue weighted by Gasteiger charge is -2.34. The SMILES string of the molecule is CCOC1CCN(c2cc(C(C)(C)C)nc(C(C)(C)C)n2)CC1. The van der Waals surface area contributed by atoms with Crippen LogP contribution in [0.3, 0.4) is 0 Å². The number of nitrogens with zero attached hydrogens (tertiary/aromatic N) is 3. The molecule has 1 aliphatic heterocycles. The molecule has 1 aromatic heterocycles. The quantitative estimate of drug-likeness (QED) is 0.841. The molecule has 0 saturated carbocycles. The van der Waals surface area contributed by atoms with Crippen LogP contribution in [0.4, 0.5) is 5.82 Å². The first-order chi connectivity index (χ1) is 10.6. The van der Waals surface area contributed by atoms with E-state index in [0.29, 0.717) is 6.10 Å². The Morgan fingerprint density at radius 3 is 2.13 bits per heavy atom. The monoisotopic (exact) mass is 319 g/mol. The topological polar surface area (TPSA) is 38.2 Å². The first kappa shape index (κ1) is 18.2. The molecule has 23 heavy (non-hydrogen) atoms. The number of piperidine rings is 1. The van der Waals surface area contributed by atoms with E-state index in [1.807, 2.05) is 0 Å². The number of aromatic nitrogens is 2. The first-order valence-electron chi connectivity index (χ1n) is 8.88. The van der Waals surface area contributed by atoms with Crippen molar-refractivity contribution < 1.29 is 4.74 Å². The van der Waals surface area contributed by atoms with Crippen molar-refractivity contribution in [3.05, 3.63) is 17.6 Å². The second-order valence-electron chi connectivity index (χ2n) is 8.58. The summed E-state index contributed by atoms with van der Waals surface area (Å²) in [4.78, 5) is 12.1. The van der Waals surface area contributed by atoms with Crippen LogP contribution in [-0.2, 0) is 15.6 Å². The van der Waals surface area contributed by atoms with Gasteiger partial charge in [-0.3, -0.25) is 0 Å². The highest BCUT2D eigenvalue weighted by atomic mass is 16.5. The summed E-state index contributed by atoms with van der Waals surface area (Å²) in [6.45, 7) is 18.1. The third-order valence-electron chi connectivity index (χ3n) is 4.32. The molecule has 0 bridgehead atoms. The number of hydrogen-bond acceptors (Lipinski definition) is 4. The molecule has 0 amide bonds. The van der Waals surface area contributed by atoms with Crippen LogP contribution >= 0.6 is 0 Å². The van der Waals surface area contributed by atoms with Crippen LogP contribution in [0.25, 0.3) is 0 Å². The Kier molecular flexibility index (Phi) is 5.34. The molecule has 2 heterocycles. The molecule has 4 nitrogen and oxygen atoms in total. The molecule has 0 unspecified atom stereocenters. The number of hydrogen-bond donors (Lipinski definition) is 0. The Labute approximate surface area is 141 Å². The zero-order valence-corrected chi connectivity index (χ0v) is 15.9. The second-order valence-corrected chi connectivity index (χ2v) is 8.58. The lowest BCUT2D eigenvalue weighted by atomic mass is 9.90. The number of rotatable bonds is 3. The van der Waals surface area contributed by atoms with Gasteiger partial charge in [-0.1, -0.05) is 41.5 Å². The van der Waals surface area contributed by atoms with Gasteiger partial charge in [0.15, 0.2) is 0 Å². The average molecular weight is 319 g/mol. The van der Waals surface area contributed by atoms with E-state index in [0.717, 1.165) is 49.9 Å². The van der Waals surface area contributed by atoms with Gasteiger partial charge in [0.2, 0.25) is 0 Å². The molecule has 130 valence electrons. The van der Waals surface area contributed by atoms with Crippen LogP contribution in [0.15, 0.2) is 6.07 Å². The molecular formula is C19H33N3O. The Bertz CT molecular complexity index is 488. The van der Waals surface area contributed by atoms with Crippen LogP contribution < -0.4 is 4.90 Å². The van der Waals surface area contributed by atoms with Crippen molar-refractivity contribution >= 4 is 5.82 Å². The highest BCUT2D eigenvalue weighted by molar-refractivity contribution is 5.42. The van der Waals surface area contributed by atoms with Crippen molar-refractivity contribution in [1.29, 1.82) is 0 Å². The molecule has 0 radical (unpaired) electrons. The van der Waals surface area contributed by atoms with Crippen LogP contribution in [0.2, 0.25) is 0 Å². The van der Waals surface area contributed by atoms with Gasteiger partial charge < -0.3 is 9.64 Å². The molecule has 2 rings (SSSR count). The van der Waals surface area contributed by atoms with E-state index >= 15 is 0 Å². The van der Waals surface area contributed by atoms with Crippen molar-refractivity contribution in [3.63, 3.8) is 0 Å². The summed E-state index contributed by atoms with van der Waals surface area (Å²) in [5, 5.41) is 0. The van der Waals surface area contributed by atoms with Gasteiger partial charge in [-0.2, -0.15) is 0 Å². The molecule has 1 aromatic rings. The summed E-state index contributed by atoms with van der Waals surface area (Å²) in [6.07, 6.45) is 2.56. The van der Waals surface area contributed by atoms with E-state index in [4.69, 9.17) is 14.7 Å². The Morgan fingerprint density at radius 2 is 1.65 bits per heavy atom. The van der Waals surface area contributed by atoms with Crippen LogP contribution in [-0.4, -0.2) is 35.8 Å². The lowest BCUT2D eigenvalue weighted by Crippen LogP contribution is -2.38. The largest absolute Gasteiger partial charge is 0.378 e. The molecule has 0 aliphatic carbocycles. The fourth-order valence-corrected chi connectivity index (χ4v) is 2.80. The predicted octanol–water partition coefficient (Wildman–Crippen LogP) is 4.08. The minimum absolute atomic E-state index is 0.0291. The molecular weight excluding hydrogens is 286 g/mol. The van der Waals surface area contributed by atoms with Crippen LogP contribution in [0.1, 0.15) is 72.8 Å². The highest BCUT2D eigenvalue weighted by Gasteiger charge is 2.27. The zero-order chi connectivity index (χ0) is 17.3. The summed E-state index contributed by atoms with van der Waals surface area (Å²) in [5.41, 5.74) is 1.11. The standard InChI is InChI=1S/C19H33N3O/c1-8-23-14-9-11-22(12-10-14)16-13-15(18(2,3)4)20-17(21-16)19(5,6)7/h13-14H,8-12H2,1-7H3. The molecule has 0 aromatic carbocycles. The van der Waals surface area contributed by atoms with Crippen LogP contribution in [0.5, 0.6) is 0 Å². The van der Waals surface area contributed by atoms with Crippen molar-refractivity contribution in [2.45, 2.75) is 78.2 Å². The maximum absolute atomic E-state index is 5.76. The van der Waals surface area contributed by atoms with Gasteiger partial charge in [0, 0.05) is 36.6 Å². The van der Waals surface area contributed by atoms with Gasteiger partial charge in [0.25, 0.3) is 0 Å². The molecule has 1 aliphatic rings. The Balaban J connectivity index is 2.28. The smallest absolute Gasteiger partial charge is 0.136 e. The van der Waals surface area contributed by atoms with E-state index in [2.05, 4.69) is 59.4 Å². The van der Waals surface area contributed by atoms with Gasteiger partial charge >= 0.3 is 0 Å². The normalized spacial score (nSPS) is 17.6. The van der Waals surface area contributed by atoms with Crippen molar-refractivity contribution in [3.8, 4) is 0 Å².